The van der Waals surface area contributed by atoms with Crippen LogP contribution in [0.3, 0.4) is 0 Å². The number of carbonyl (C=O) groups is 1. The van der Waals surface area contributed by atoms with Crippen LogP contribution in [0.25, 0.3) is 0 Å². The summed E-state index contributed by atoms with van der Waals surface area (Å²) in [7, 11) is 0.460. The predicted octanol–water partition coefficient (Wildman–Crippen LogP) is 2.72. The summed E-state index contributed by atoms with van der Waals surface area (Å²) in [5, 5.41) is 2.96. The minimum absolute atomic E-state index is 0.0484. The zero-order valence-corrected chi connectivity index (χ0v) is 18.0. The highest BCUT2D eigenvalue weighted by Crippen LogP contribution is 2.22. The molecule has 156 valence electrons. The molecule has 7 heteroatoms. The Morgan fingerprint density at radius 1 is 1.07 bits per heavy atom. The van der Waals surface area contributed by atoms with E-state index in [4.69, 9.17) is 0 Å². The lowest BCUT2D eigenvalue weighted by molar-refractivity contribution is 0.0942. The molecule has 1 saturated carbocycles. The van der Waals surface area contributed by atoms with Crippen LogP contribution in [0.15, 0.2) is 53.4 Å². The Hall–Kier alpha value is -2.22. The molecule has 2 N–H and O–H groups in total. The number of benzene rings is 2. The molecule has 0 spiro atoms. The van der Waals surface area contributed by atoms with Crippen LogP contribution in [0.5, 0.6) is 0 Å². The number of nitrogens with one attached hydrogen (secondary N) is 2. The second kappa shape index (κ2) is 9.07. The fourth-order valence-corrected chi connectivity index (χ4v) is 4.44. The molecule has 29 heavy (non-hydrogen) atoms. The van der Waals surface area contributed by atoms with Crippen LogP contribution in [-0.2, 0) is 16.4 Å². The highest BCUT2D eigenvalue weighted by atomic mass is 32.2. The monoisotopic (exact) mass is 415 g/mol. The van der Waals surface area contributed by atoms with Crippen molar-refractivity contribution in [3.63, 3.8) is 0 Å². The SMILES string of the molecule is CCc1ccc(C(CNC(=O)c2ccc(S(=O)(=O)NC3CC3)cc2)N(C)C)cc1. The lowest BCUT2D eigenvalue weighted by atomic mass is 10.0. The third-order valence-electron chi connectivity index (χ3n) is 5.18. The first-order valence-corrected chi connectivity index (χ1v) is 11.4. The number of aryl methyl sites for hydroxylation is 1. The number of carbonyl (C=O) groups excluding carboxylic acids is 1. The highest BCUT2D eigenvalue weighted by Gasteiger charge is 2.28. The molecule has 3 rings (SSSR count). The van der Waals surface area contributed by atoms with Gasteiger partial charge in [0.1, 0.15) is 0 Å². The number of amides is 1. The van der Waals surface area contributed by atoms with Gasteiger partial charge in [-0.15, -0.1) is 0 Å². The first-order chi connectivity index (χ1) is 13.8. The normalized spacial score (nSPS) is 15.3. The van der Waals surface area contributed by atoms with Crippen molar-refractivity contribution >= 4 is 15.9 Å². The second-order valence-electron chi connectivity index (χ2n) is 7.70. The minimum Gasteiger partial charge on any atom is -0.350 e. The van der Waals surface area contributed by atoms with Crippen molar-refractivity contribution in [2.75, 3.05) is 20.6 Å². The summed E-state index contributed by atoms with van der Waals surface area (Å²) in [5.41, 5.74) is 2.86. The van der Waals surface area contributed by atoms with Gasteiger partial charge in [-0.3, -0.25) is 4.79 Å². The molecule has 2 aromatic rings. The molecular weight excluding hydrogens is 386 g/mol. The summed E-state index contributed by atoms with van der Waals surface area (Å²) in [6, 6.07) is 14.6. The van der Waals surface area contributed by atoms with Gasteiger partial charge in [-0.05, 0) is 68.8 Å². The standard InChI is InChI=1S/C22H29N3O3S/c1-4-16-5-7-17(8-6-16)21(25(2)3)15-23-22(26)18-9-13-20(14-10-18)29(27,28)24-19-11-12-19/h5-10,13-14,19,21,24H,4,11-12,15H2,1-3H3,(H,23,26). The van der Waals surface area contributed by atoms with Gasteiger partial charge in [0.15, 0.2) is 0 Å². The lowest BCUT2D eigenvalue weighted by Crippen LogP contribution is -2.34. The van der Waals surface area contributed by atoms with Gasteiger partial charge in [0.05, 0.1) is 10.9 Å². The molecule has 0 saturated heterocycles. The van der Waals surface area contributed by atoms with Crippen LogP contribution in [0.2, 0.25) is 0 Å². The lowest BCUT2D eigenvalue weighted by Gasteiger charge is -2.25. The molecule has 0 aromatic heterocycles. The van der Waals surface area contributed by atoms with E-state index in [0.29, 0.717) is 12.1 Å². The number of rotatable bonds is 9. The van der Waals surface area contributed by atoms with E-state index in [-0.39, 0.29) is 22.9 Å². The Kier molecular flexibility index (Phi) is 6.72. The average Bonchev–Trinajstić information content (AvgIpc) is 3.51. The van der Waals surface area contributed by atoms with Gasteiger partial charge in [0.2, 0.25) is 10.0 Å². The third-order valence-corrected chi connectivity index (χ3v) is 6.71. The van der Waals surface area contributed by atoms with E-state index in [1.807, 2.05) is 14.1 Å². The quantitative estimate of drug-likeness (QED) is 0.660. The zero-order chi connectivity index (χ0) is 21.0. The molecule has 2 aromatic carbocycles. The molecule has 1 aliphatic carbocycles. The molecule has 1 aliphatic rings. The fraction of sp³-hybridized carbons (Fsp3) is 0.409. The summed E-state index contributed by atoms with van der Waals surface area (Å²) in [4.78, 5) is 14.8. The number of hydrogen-bond acceptors (Lipinski definition) is 4. The van der Waals surface area contributed by atoms with Gasteiger partial charge >= 0.3 is 0 Å². The van der Waals surface area contributed by atoms with Gasteiger partial charge in [0.25, 0.3) is 5.91 Å². The van der Waals surface area contributed by atoms with E-state index < -0.39 is 10.0 Å². The van der Waals surface area contributed by atoms with Crippen molar-refractivity contribution < 1.29 is 13.2 Å². The number of nitrogens with zero attached hydrogens (tertiary/aromatic N) is 1. The largest absolute Gasteiger partial charge is 0.350 e. The maximum atomic E-state index is 12.6. The fourth-order valence-electron chi connectivity index (χ4n) is 3.14. The Balaban J connectivity index is 1.63. The van der Waals surface area contributed by atoms with E-state index in [1.165, 1.54) is 17.7 Å². The Bertz CT molecular complexity index is 934. The van der Waals surface area contributed by atoms with Crippen LogP contribution >= 0.6 is 0 Å². The van der Waals surface area contributed by atoms with Crippen LogP contribution in [0, 0.1) is 0 Å². The van der Waals surface area contributed by atoms with Crippen molar-refractivity contribution in [2.24, 2.45) is 0 Å². The number of hydrogen-bond donors (Lipinski definition) is 2. The smallest absolute Gasteiger partial charge is 0.251 e. The van der Waals surface area contributed by atoms with Crippen molar-refractivity contribution in [1.29, 1.82) is 0 Å². The first kappa shape index (κ1) is 21.5. The van der Waals surface area contributed by atoms with Crippen molar-refractivity contribution in [1.82, 2.24) is 14.9 Å². The predicted molar refractivity (Wildman–Crippen MR) is 114 cm³/mol. The van der Waals surface area contributed by atoms with Gasteiger partial charge in [0, 0.05) is 18.2 Å². The molecular formula is C22H29N3O3S. The van der Waals surface area contributed by atoms with Gasteiger partial charge in [-0.2, -0.15) is 0 Å². The number of sulfonamides is 1. The Morgan fingerprint density at radius 3 is 2.21 bits per heavy atom. The molecule has 6 nitrogen and oxygen atoms in total. The summed E-state index contributed by atoms with van der Waals surface area (Å²) in [6.07, 6.45) is 2.76. The molecule has 0 bridgehead atoms. The molecule has 1 amide bonds. The maximum Gasteiger partial charge on any atom is 0.251 e. The minimum atomic E-state index is -3.51. The van der Waals surface area contributed by atoms with E-state index in [2.05, 4.69) is 46.1 Å². The molecule has 0 radical (unpaired) electrons. The van der Waals surface area contributed by atoms with Crippen molar-refractivity contribution in [2.45, 2.75) is 43.2 Å². The summed E-state index contributed by atoms with van der Waals surface area (Å²) in [6.45, 7) is 2.58. The summed E-state index contributed by atoms with van der Waals surface area (Å²) < 4.78 is 27.1. The van der Waals surface area contributed by atoms with Gasteiger partial charge < -0.3 is 10.2 Å². The van der Waals surface area contributed by atoms with Crippen LogP contribution in [0.1, 0.15) is 47.3 Å². The van der Waals surface area contributed by atoms with E-state index in [0.717, 1.165) is 24.8 Å². The third kappa shape index (κ3) is 5.65. The van der Waals surface area contributed by atoms with Crippen molar-refractivity contribution in [3.05, 3.63) is 65.2 Å². The van der Waals surface area contributed by atoms with Crippen LogP contribution in [0.4, 0.5) is 0 Å². The summed E-state index contributed by atoms with van der Waals surface area (Å²) in [5.74, 6) is -0.221. The van der Waals surface area contributed by atoms with Crippen LogP contribution in [-0.4, -0.2) is 45.9 Å². The van der Waals surface area contributed by atoms with E-state index in [9.17, 15) is 13.2 Å². The topological polar surface area (TPSA) is 78.5 Å². The molecule has 0 aliphatic heterocycles. The maximum absolute atomic E-state index is 12.6. The number of likely N-dealkylation sites (N-methyl/N-ethyl adjacent to an activating group) is 1. The average molecular weight is 416 g/mol. The molecule has 1 atom stereocenters. The molecule has 0 heterocycles. The summed E-state index contributed by atoms with van der Waals surface area (Å²) >= 11 is 0. The Labute approximate surface area is 173 Å². The van der Waals surface area contributed by atoms with Crippen molar-refractivity contribution in [3.8, 4) is 0 Å². The zero-order valence-electron chi connectivity index (χ0n) is 17.2. The first-order valence-electron chi connectivity index (χ1n) is 9.96. The highest BCUT2D eigenvalue weighted by molar-refractivity contribution is 7.89. The Morgan fingerprint density at radius 2 is 1.69 bits per heavy atom. The molecule has 1 unspecified atom stereocenters. The van der Waals surface area contributed by atoms with E-state index >= 15 is 0 Å². The van der Waals surface area contributed by atoms with Gasteiger partial charge in [-0.1, -0.05) is 31.2 Å². The van der Waals surface area contributed by atoms with Crippen LogP contribution < -0.4 is 10.0 Å². The molecule has 1 fully saturated rings. The second-order valence-corrected chi connectivity index (χ2v) is 9.42. The van der Waals surface area contributed by atoms with Gasteiger partial charge in [-0.25, -0.2) is 13.1 Å². The van der Waals surface area contributed by atoms with E-state index in [1.54, 1.807) is 12.1 Å².